The average molecular weight is 262 g/mol. The highest BCUT2D eigenvalue weighted by atomic mass is 19.1. The summed E-state index contributed by atoms with van der Waals surface area (Å²) in [5, 5.41) is 3.92. The van der Waals surface area contributed by atoms with Crippen molar-refractivity contribution in [1.29, 1.82) is 0 Å². The van der Waals surface area contributed by atoms with Gasteiger partial charge in [-0.3, -0.25) is 9.36 Å². The summed E-state index contributed by atoms with van der Waals surface area (Å²) in [5.74, 6) is -0.852. The largest absolute Gasteiger partial charge is 0.381 e. The van der Waals surface area contributed by atoms with Crippen LogP contribution in [0.25, 0.3) is 11.5 Å². The van der Waals surface area contributed by atoms with Crippen LogP contribution < -0.4 is 16.6 Å². The van der Waals surface area contributed by atoms with Gasteiger partial charge in [0.1, 0.15) is 0 Å². The summed E-state index contributed by atoms with van der Waals surface area (Å²) in [6.07, 6.45) is 1.52. The van der Waals surface area contributed by atoms with Gasteiger partial charge in [-0.25, -0.2) is 14.4 Å². The molecule has 3 N–H and O–H groups in total. The van der Waals surface area contributed by atoms with Gasteiger partial charge in [-0.1, -0.05) is 6.07 Å². The van der Waals surface area contributed by atoms with Crippen molar-refractivity contribution < 1.29 is 9.18 Å². The van der Waals surface area contributed by atoms with E-state index < -0.39 is 5.82 Å². The molecule has 0 bridgehead atoms. The second-order valence-corrected chi connectivity index (χ2v) is 3.51. The Bertz CT molecular complexity index is 681. The summed E-state index contributed by atoms with van der Waals surface area (Å²) < 4.78 is 14.3. The van der Waals surface area contributed by atoms with Crippen molar-refractivity contribution in [2.45, 2.75) is 0 Å². The van der Waals surface area contributed by atoms with Crippen molar-refractivity contribution in [2.75, 3.05) is 12.8 Å². The van der Waals surface area contributed by atoms with E-state index in [0.29, 0.717) is 17.6 Å². The Kier molecular flexibility index (Phi) is 3.51. The van der Waals surface area contributed by atoms with E-state index >= 15 is 0 Å². The highest BCUT2D eigenvalue weighted by Crippen LogP contribution is 2.14. The zero-order valence-electron chi connectivity index (χ0n) is 10.0. The fraction of sp³-hybridized carbons (Fsp3) is 0.0909. The zero-order chi connectivity index (χ0) is 13.8. The standard InChI is InChI=1S/C11H11FN6O/c1-14-17-9-4-2-3-8(18(9)6-19)11-15-5-7(12)10(13)16-11/h2-6,14H,1H3,(H2,13,15,16)/b17-9-. The van der Waals surface area contributed by atoms with Crippen molar-refractivity contribution in [3.8, 4) is 11.5 Å². The van der Waals surface area contributed by atoms with Crippen LogP contribution in [0.2, 0.25) is 0 Å². The Morgan fingerprint density at radius 3 is 2.95 bits per heavy atom. The van der Waals surface area contributed by atoms with Crippen LogP contribution in [0.4, 0.5) is 10.2 Å². The number of aromatic nitrogens is 3. The third-order valence-corrected chi connectivity index (χ3v) is 2.34. The lowest BCUT2D eigenvalue weighted by molar-refractivity contribution is 0.544. The lowest BCUT2D eigenvalue weighted by atomic mass is 10.3. The maximum absolute atomic E-state index is 13.0. The molecule has 2 rings (SSSR count). The van der Waals surface area contributed by atoms with Crippen LogP contribution in [0.15, 0.2) is 29.5 Å². The predicted octanol–water partition coefficient (Wildman–Crippen LogP) is -0.260. The van der Waals surface area contributed by atoms with Crippen LogP contribution in [0.5, 0.6) is 0 Å². The van der Waals surface area contributed by atoms with E-state index in [-0.39, 0.29) is 11.6 Å². The summed E-state index contributed by atoms with van der Waals surface area (Å²) in [6.45, 7) is 0. The molecule has 0 aliphatic heterocycles. The summed E-state index contributed by atoms with van der Waals surface area (Å²) in [6, 6.07) is 4.91. The van der Waals surface area contributed by atoms with Crippen LogP contribution in [-0.2, 0) is 4.79 Å². The minimum absolute atomic E-state index is 0.138. The summed E-state index contributed by atoms with van der Waals surface area (Å²) in [5.41, 5.74) is 8.69. The minimum Gasteiger partial charge on any atom is -0.381 e. The van der Waals surface area contributed by atoms with Gasteiger partial charge >= 0.3 is 0 Å². The van der Waals surface area contributed by atoms with Gasteiger partial charge in [0.25, 0.3) is 0 Å². The molecule has 0 amide bonds. The molecule has 0 aromatic carbocycles. The molecule has 98 valence electrons. The summed E-state index contributed by atoms with van der Waals surface area (Å²) in [4.78, 5) is 18.8. The highest BCUT2D eigenvalue weighted by Gasteiger charge is 2.10. The Morgan fingerprint density at radius 1 is 1.53 bits per heavy atom. The summed E-state index contributed by atoms with van der Waals surface area (Å²) in [7, 11) is 1.61. The first-order chi connectivity index (χ1) is 9.17. The first-order valence-corrected chi connectivity index (χ1v) is 5.33. The highest BCUT2D eigenvalue weighted by molar-refractivity contribution is 5.64. The molecule has 0 radical (unpaired) electrons. The van der Waals surface area contributed by atoms with E-state index in [1.54, 1.807) is 25.2 Å². The van der Waals surface area contributed by atoms with Gasteiger partial charge in [0.05, 0.1) is 11.9 Å². The van der Waals surface area contributed by atoms with Crippen LogP contribution in [0.1, 0.15) is 0 Å². The molecule has 2 aromatic rings. The SMILES string of the molecule is CN/N=c1/cccc(-c2ncc(F)c(N)n2)n1C=O. The number of nitrogen functional groups attached to an aromatic ring is 1. The first-order valence-electron chi connectivity index (χ1n) is 5.33. The van der Waals surface area contributed by atoms with Gasteiger partial charge in [0.2, 0.25) is 6.41 Å². The predicted molar refractivity (Wildman–Crippen MR) is 66.6 cm³/mol. The Hall–Kier alpha value is -2.77. The molecule has 0 spiro atoms. The van der Waals surface area contributed by atoms with E-state index in [9.17, 15) is 9.18 Å². The van der Waals surface area contributed by atoms with Crippen molar-refractivity contribution in [3.63, 3.8) is 0 Å². The number of rotatable bonds is 3. The van der Waals surface area contributed by atoms with E-state index in [2.05, 4.69) is 20.5 Å². The molecule has 19 heavy (non-hydrogen) atoms. The molecule has 0 aliphatic carbocycles. The Labute approximate surface area is 107 Å². The number of pyridine rings is 1. The zero-order valence-corrected chi connectivity index (χ0v) is 10.0. The molecule has 7 nitrogen and oxygen atoms in total. The molecule has 0 saturated heterocycles. The number of hydrogen-bond donors (Lipinski definition) is 2. The van der Waals surface area contributed by atoms with Crippen molar-refractivity contribution in [3.05, 3.63) is 35.7 Å². The lowest BCUT2D eigenvalue weighted by Gasteiger charge is -2.07. The maximum Gasteiger partial charge on any atom is 0.220 e. The molecule has 2 heterocycles. The van der Waals surface area contributed by atoms with E-state index in [0.717, 1.165) is 6.20 Å². The average Bonchev–Trinajstić information content (AvgIpc) is 2.42. The van der Waals surface area contributed by atoms with Crippen molar-refractivity contribution >= 4 is 12.2 Å². The Morgan fingerprint density at radius 2 is 2.32 bits per heavy atom. The minimum atomic E-state index is -0.711. The second kappa shape index (κ2) is 5.25. The van der Waals surface area contributed by atoms with Crippen LogP contribution in [0.3, 0.4) is 0 Å². The number of carbonyl (C=O) groups is 1. The number of carbonyl (C=O) groups excluding carboxylic acids is 1. The fourth-order valence-corrected chi connectivity index (χ4v) is 1.51. The van der Waals surface area contributed by atoms with Gasteiger partial charge < -0.3 is 11.2 Å². The number of nitrogens with one attached hydrogen (secondary N) is 1. The molecule has 8 heteroatoms. The fourth-order valence-electron chi connectivity index (χ4n) is 1.51. The van der Waals surface area contributed by atoms with Gasteiger partial charge in [0.15, 0.2) is 22.9 Å². The quantitative estimate of drug-likeness (QED) is 0.586. The normalized spacial score (nSPS) is 11.4. The monoisotopic (exact) mass is 262 g/mol. The molecule has 0 atom stereocenters. The van der Waals surface area contributed by atoms with Gasteiger partial charge in [-0.05, 0) is 12.1 Å². The Balaban J connectivity index is 2.68. The van der Waals surface area contributed by atoms with Gasteiger partial charge in [0, 0.05) is 7.05 Å². The van der Waals surface area contributed by atoms with Gasteiger partial charge in [-0.2, -0.15) is 5.10 Å². The van der Waals surface area contributed by atoms with Crippen molar-refractivity contribution in [2.24, 2.45) is 5.10 Å². The third kappa shape index (κ3) is 2.41. The smallest absolute Gasteiger partial charge is 0.220 e. The molecular formula is C11H11FN6O. The van der Waals surface area contributed by atoms with Crippen LogP contribution in [0, 0.1) is 5.82 Å². The number of nitrogens with two attached hydrogens (primary N) is 1. The lowest BCUT2D eigenvalue weighted by Crippen LogP contribution is -2.24. The number of halogens is 1. The molecule has 0 aliphatic rings. The third-order valence-electron chi connectivity index (χ3n) is 2.34. The number of anilines is 1. The van der Waals surface area contributed by atoms with Crippen molar-refractivity contribution in [1.82, 2.24) is 20.0 Å². The maximum atomic E-state index is 13.0. The van der Waals surface area contributed by atoms with Crippen LogP contribution >= 0.6 is 0 Å². The number of hydrogen-bond acceptors (Lipinski definition) is 6. The second-order valence-electron chi connectivity index (χ2n) is 3.51. The topological polar surface area (TPSA) is 98.2 Å². The first kappa shape index (κ1) is 12.7. The van der Waals surface area contributed by atoms with Gasteiger partial charge in [-0.15, -0.1) is 0 Å². The summed E-state index contributed by atoms with van der Waals surface area (Å²) >= 11 is 0. The molecule has 0 saturated carbocycles. The van der Waals surface area contributed by atoms with Crippen LogP contribution in [-0.4, -0.2) is 28.0 Å². The molecular weight excluding hydrogens is 251 g/mol. The van der Waals surface area contributed by atoms with E-state index in [1.807, 2.05) is 0 Å². The van der Waals surface area contributed by atoms with E-state index in [4.69, 9.17) is 5.73 Å². The molecule has 0 fully saturated rings. The van der Waals surface area contributed by atoms with E-state index in [1.165, 1.54) is 4.57 Å². The number of nitrogens with zero attached hydrogens (tertiary/aromatic N) is 4. The molecule has 2 aromatic heterocycles. The molecule has 0 unspecified atom stereocenters.